The van der Waals surface area contributed by atoms with Crippen LogP contribution < -0.4 is 11.5 Å². The molecule has 0 aliphatic heterocycles. The van der Waals surface area contributed by atoms with Crippen molar-refractivity contribution < 1.29 is 0 Å². The zero-order valence-electron chi connectivity index (χ0n) is 11.8. The molecule has 0 amide bonds. The molecule has 21 heavy (non-hydrogen) atoms. The molecule has 0 fully saturated rings. The van der Waals surface area contributed by atoms with Crippen LogP contribution >= 0.6 is 35.1 Å². The molecule has 0 saturated carbocycles. The lowest BCUT2D eigenvalue weighted by Crippen LogP contribution is -2.22. The molecule has 0 saturated heterocycles. The summed E-state index contributed by atoms with van der Waals surface area (Å²) in [6.45, 7) is 0. The van der Waals surface area contributed by atoms with Gasteiger partial charge >= 0.3 is 0 Å². The van der Waals surface area contributed by atoms with Crippen molar-refractivity contribution in [3.8, 4) is 11.1 Å². The lowest BCUT2D eigenvalue weighted by Gasteiger charge is -2.13. The Bertz CT molecular complexity index is 683. The Morgan fingerprint density at radius 1 is 1.10 bits per heavy atom. The molecule has 6 heteroatoms. The van der Waals surface area contributed by atoms with Crippen molar-refractivity contribution in [2.45, 2.75) is 9.79 Å². The van der Waals surface area contributed by atoms with Gasteiger partial charge in [0.05, 0.1) is 5.69 Å². The number of halogens is 1. The van der Waals surface area contributed by atoms with Crippen molar-refractivity contribution in [1.29, 1.82) is 0 Å². The molecule has 0 aromatic heterocycles. The Balaban J connectivity index is 2.75. The standard InChI is InChI=1S/C15H16ClN3S2/c1-20-9-6-7-11(16)10(8-9)14-12(19-15(17)18)4-3-5-13(14)21-2/h3-8H,1-2H3,(H4,17,18,19). The minimum absolute atomic E-state index is 0.0339. The van der Waals surface area contributed by atoms with E-state index in [1.54, 1.807) is 23.5 Å². The van der Waals surface area contributed by atoms with E-state index >= 15 is 0 Å². The van der Waals surface area contributed by atoms with Crippen LogP contribution in [0.5, 0.6) is 0 Å². The first kappa shape index (κ1) is 16.1. The Labute approximate surface area is 138 Å². The number of rotatable bonds is 4. The van der Waals surface area contributed by atoms with Crippen LogP contribution in [-0.4, -0.2) is 18.5 Å². The van der Waals surface area contributed by atoms with Gasteiger partial charge in [0, 0.05) is 25.9 Å². The SMILES string of the molecule is CSc1ccc(Cl)c(-c2c(N=C(N)N)cccc2SC)c1. The highest BCUT2D eigenvalue weighted by atomic mass is 35.5. The number of hydrogen-bond acceptors (Lipinski definition) is 3. The van der Waals surface area contributed by atoms with Gasteiger partial charge in [0.2, 0.25) is 0 Å². The predicted molar refractivity (Wildman–Crippen MR) is 95.9 cm³/mol. The van der Waals surface area contributed by atoms with Gasteiger partial charge in [-0.2, -0.15) is 0 Å². The summed E-state index contributed by atoms with van der Waals surface area (Å²) >= 11 is 9.70. The van der Waals surface area contributed by atoms with Gasteiger partial charge in [-0.3, -0.25) is 0 Å². The summed E-state index contributed by atoms with van der Waals surface area (Å²) in [5.74, 6) is 0.0339. The summed E-state index contributed by atoms with van der Waals surface area (Å²) in [5.41, 5.74) is 13.7. The average Bonchev–Trinajstić information content (AvgIpc) is 2.47. The zero-order chi connectivity index (χ0) is 15.4. The average molecular weight is 338 g/mol. The van der Waals surface area contributed by atoms with E-state index in [9.17, 15) is 0 Å². The van der Waals surface area contributed by atoms with Crippen LogP contribution in [0.1, 0.15) is 0 Å². The third-order valence-corrected chi connectivity index (χ3v) is 4.75. The Morgan fingerprint density at radius 2 is 1.86 bits per heavy atom. The molecule has 110 valence electrons. The van der Waals surface area contributed by atoms with Crippen molar-refractivity contribution in [3.63, 3.8) is 0 Å². The topological polar surface area (TPSA) is 64.4 Å². The Kier molecular flexibility index (Phi) is 5.45. The number of hydrogen-bond donors (Lipinski definition) is 2. The highest BCUT2D eigenvalue weighted by Gasteiger charge is 2.14. The molecule has 2 rings (SSSR count). The smallest absolute Gasteiger partial charge is 0.191 e. The predicted octanol–water partition coefficient (Wildman–Crippen LogP) is 4.36. The summed E-state index contributed by atoms with van der Waals surface area (Å²) in [6, 6.07) is 11.8. The second-order valence-corrected chi connectivity index (χ2v) is 6.37. The highest BCUT2D eigenvalue weighted by Crippen LogP contribution is 2.42. The van der Waals surface area contributed by atoms with E-state index in [1.807, 2.05) is 42.8 Å². The summed E-state index contributed by atoms with van der Waals surface area (Å²) in [7, 11) is 0. The van der Waals surface area contributed by atoms with Crippen molar-refractivity contribution in [2.24, 2.45) is 16.5 Å². The zero-order valence-corrected chi connectivity index (χ0v) is 14.1. The summed E-state index contributed by atoms with van der Waals surface area (Å²) in [6.07, 6.45) is 4.05. The minimum atomic E-state index is 0.0339. The number of nitrogens with two attached hydrogens (primary N) is 2. The molecule has 4 N–H and O–H groups in total. The van der Waals surface area contributed by atoms with Gasteiger partial charge in [0.25, 0.3) is 0 Å². The van der Waals surface area contributed by atoms with E-state index in [-0.39, 0.29) is 5.96 Å². The fraction of sp³-hybridized carbons (Fsp3) is 0.133. The highest BCUT2D eigenvalue weighted by molar-refractivity contribution is 7.99. The molecule has 0 aliphatic carbocycles. The molecular formula is C15H16ClN3S2. The monoisotopic (exact) mass is 337 g/mol. The molecule has 0 spiro atoms. The second-order valence-electron chi connectivity index (χ2n) is 4.24. The molecule has 0 aliphatic rings. The first-order chi connectivity index (χ1) is 10.1. The van der Waals surface area contributed by atoms with E-state index in [0.29, 0.717) is 5.02 Å². The van der Waals surface area contributed by atoms with Crippen LogP contribution in [0, 0.1) is 0 Å². The van der Waals surface area contributed by atoms with Gasteiger partial charge in [0.15, 0.2) is 5.96 Å². The van der Waals surface area contributed by atoms with Gasteiger partial charge in [-0.05, 0) is 42.8 Å². The fourth-order valence-electron chi connectivity index (χ4n) is 2.02. The molecule has 2 aromatic rings. The van der Waals surface area contributed by atoms with E-state index in [1.165, 1.54) is 0 Å². The second kappa shape index (κ2) is 7.11. The maximum absolute atomic E-state index is 6.40. The first-order valence-corrected chi connectivity index (χ1v) is 9.00. The maximum Gasteiger partial charge on any atom is 0.191 e. The van der Waals surface area contributed by atoms with E-state index in [4.69, 9.17) is 23.1 Å². The molecule has 0 unspecified atom stereocenters. The number of benzene rings is 2. The van der Waals surface area contributed by atoms with E-state index < -0.39 is 0 Å². The van der Waals surface area contributed by atoms with Crippen LogP contribution in [0.15, 0.2) is 51.2 Å². The number of nitrogens with zero attached hydrogens (tertiary/aromatic N) is 1. The largest absolute Gasteiger partial charge is 0.370 e. The lowest BCUT2D eigenvalue weighted by molar-refractivity contribution is 1.35. The molecule has 0 bridgehead atoms. The first-order valence-electron chi connectivity index (χ1n) is 6.17. The van der Waals surface area contributed by atoms with Gasteiger partial charge in [-0.25, -0.2) is 4.99 Å². The molecule has 0 radical (unpaired) electrons. The van der Waals surface area contributed by atoms with Crippen LogP contribution in [0.3, 0.4) is 0 Å². The molecule has 3 nitrogen and oxygen atoms in total. The van der Waals surface area contributed by atoms with Gasteiger partial charge in [-0.15, -0.1) is 23.5 Å². The number of guanidine groups is 1. The third-order valence-electron chi connectivity index (χ3n) is 2.92. The third kappa shape index (κ3) is 3.67. The molecule has 2 aromatic carbocycles. The van der Waals surface area contributed by atoms with Crippen molar-refractivity contribution in [2.75, 3.05) is 12.5 Å². The van der Waals surface area contributed by atoms with E-state index in [0.717, 1.165) is 26.6 Å². The van der Waals surface area contributed by atoms with Crippen LogP contribution in [0.2, 0.25) is 5.02 Å². The van der Waals surface area contributed by atoms with Crippen LogP contribution in [0.4, 0.5) is 5.69 Å². The van der Waals surface area contributed by atoms with Crippen molar-refractivity contribution in [3.05, 3.63) is 41.4 Å². The Hall–Kier alpha value is -1.30. The van der Waals surface area contributed by atoms with Gasteiger partial charge in [-0.1, -0.05) is 17.7 Å². The van der Waals surface area contributed by atoms with Gasteiger partial charge < -0.3 is 11.5 Å². The molecule has 0 atom stereocenters. The fourth-order valence-corrected chi connectivity index (χ4v) is 3.30. The van der Waals surface area contributed by atoms with Crippen molar-refractivity contribution >= 4 is 46.8 Å². The number of thioether (sulfide) groups is 2. The number of aliphatic imine (C=N–C) groups is 1. The molecule has 0 heterocycles. The van der Waals surface area contributed by atoms with E-state index in [2.05, 4.69) is 11.1 Å². The van der Waals surface area contributed by atoms with Crippen LogP contribution in [-0.2, 0) is 0 Å². The minimum Gasteiger partial charge on any atom is -0.370 e. The lowest BCUT2D eigenvalue weighted by atomic mass is 10.0. The van der Waals surface area contributed by atoms with Crippen LogP contribution in [0.25, 0.3) is 11.1 Å². The Morgan fingerprint density at radius 3 is 2.48 bits per heavy atom. The summed E-state index contributed by atoms with van der Waals surface area (Å²) in [5, 5.41) is 0.682. The van der Waals surface area contributed by atoms with Gasteiger partial charge in [0.1, 0.15) is 0 Å². The molecular weight excluding hydrogens is 322 g/mol. The normalized spacial score (nSPS) is 10.4. The summed E-state index contributed by atoms with van der Waals surface area (Å²) < 4.78 is 0. The van der Waals surface area contributed by atoms with Crippen molar-refractivity contribution in [1.82, 2.24) is 0 Å². The quantitative estimate of drug-likeness (QED) is 0.494. The maximum atomic E-state index is 6.40. The summed E-state index contributed by atoms with van der Waals surface area (Å²) in [4.78, 5) is 6.46.